The number of hydrogen-bond donors (Lipinski definition) is 0. The third kappa shape index (κ3) is 2.34. The number of alkyl halides is 3. The number of amidine groups is 1. The molecule has 0 saturated carbocycles. The molecule has 104 valence electrons. The van der Waals surface area contributed by atoms with E-state index in [9.17, 15) is 21.6 Å². The van der Waals surface area contributed by atoms with E-state index in [1.54, 1.807) is 4.58 Å². The van der Waals surface area contributed by atoms with Crippen LogP contribution in [0.25, 0.3) is 0 Å². The monoisotopic (exact) mass is 285 g/mol. The van der Waals surface area contributed by atoms with Crippen LogP contribution in [0.1, 0.15) is 32.1 Å². The SMILES string of the molecule is O=S(=O)(N1CCC[N+]2=C1CCCCC2)C(F)(F)F. The summed E-state index contributed by atoms with van der Waals surface area (Å²) in [4.78, 5) is 0. The van der Waals surface area contributed by atoms with Gasteiger partial charge in [0.15, 0.2) is 0 Å². The highest BCUT2D eigenvalue weighted by atomic mass is 32.2. The van der Waals surface area contributed by atoms with E-state index >= 15 is 0 Å². The first-order chi connectivity index (χ1) is 8.34. The Hall–Kier alpha value is -0.790. The van der Waals surface area contributed by atoms with Gasteiger partial charge < -0.3 is 0 Å². The van der Waals surface area contributed by atoms with Gasteiger partial charge in [-0.25, -0.2) is 0 Å². The molecule has 0 fully saturated rings. The second-order valence-corrected chi connectivity index (χ2v) is 6.44. The maximum atomic E-state index is 12.6. The van der Waals surface area contributed by atoms with Crippen LogP contribution in [0.3, 0.4) is 0 Å². The van der Waals surface area contributed by atoms with E-state index in [2.05, 4.69) is 0 Å². The van der Waals surface area contributed by atoms with E-state index in [0.717, 1.165) is 19.3 Å². The minimum Gasteiger partial charge on any atom is -0.265 e. The molecular weight excluding hydrogens is 269 g/mol. The topological polar surface area (TPSA) is 40.4 Å². The summed E-state index contributed by atoms with van der Waals surface area (Å²) in [6, 6.07) is 0. The number of nitrogens with zero attached hydrogens (tertiary/aromatic N) is 2. The van der Waals surface area contributed by atoms with E-state index < -0.39 is 15.5 Å². The molecule has 0 bridgehead atoms. The van der Waals surface area contributed by atoms with Crippen molar-refractivity contribution in [3.63, 3.8) is 0 Å². The van der Waals surface area contributed by atoms with Crippen molar-refractivity contribution in [3.05, 3.63) is 0 Å². The van der Waals surface area contributed by atoms with Gasteiger partial charge in [-0.2, -0.15) is 21.6 Å². The van der Waals surface area contributed by atoms with Gasteiger partial charge >= 0.3 is 15.5 Å². The lowest BCUT2D eigenvalue weighted by atomic mass is 10.2. The molecule has 0 unspecified atom stereocenters. The molecule has 0 radical (unpaired) electrons. The van der Waals surface area contributed by atoms with Gasteiger partial charge in [0, 0.05) is 12.8 Å². The summed E-state index contributed by atoms with van der Waals surface area (Å²) < 4.78 is 63.3. The van der Waals surface area contributed by atoms with Crippen LogP contribution in [0.4, 0.5) is 13.2 Å². The Labute approximate surface area is 104 Å². The Morgan fingerprint density at radius 3 is 2.39 bits per heavy atom. The van der Waals surface area contributed by atoms with Gasteiger partial charge in [0.1, 0.15) is 6.54 Å². The van der Waals surface area contributed by atoms with Gasteiger partial charge in [0.25, 0.3) is 5.84 Å². The highest BCUT2D eigenvalue weighted by Gasteiger charge is 2.56. The van der Waals surface area contributed by atoms with Crippen LogP contribution in [0.2, 0.25) is 0 Å². The van der Waals surface area contributed by atoms with Gasteiger partial charge in [-0.05, 0) is 19.3 Å². The Balaban J connectivity index is 2.39. The summed E-state index contributed by atoms with van der Waals surface area (Å²) in [5.41, 5.74) is -5.21. The highest BCUT2D eigenvalue weighted by Crippen LogP contribution is 2.29. The fraction of sp³-hybridized carbons (Fsp3) is 0.900. The maximum Gasteiger partial charge on any atom is 0.537 e. The van der Waals surface area contributed by atoms with Crippen molar-refractivity contribution >= 4 is 15.9 Å². The molecule has 0 aromatic carbocycles. The van der Waals surface area contributed by atoms with Crippen LogP contribution in [0.5, 0.6) is 0 Å². The van der Waals surface area contributed by atoms with E-state index in [1.165, 1.54) is 0 Å². The van der Waals surface area contributed by atoms with Crippen LogP contribution >= 0.6 is 0 Å². The molecule has 0 aliphatic carbocycles. The second-order valence-electron chi connectivity index (χ2n) is 4.59. The first-order valence-electron chi connectivity index (χ1n) is 6.04. The van der Waals surface area contributed by atoms with Gasteiger partial charge in [0.05, 0.1) is 13.1 Å². The van der Waals surface area contributed by atoms with Crippen LogP contribution < -0.4 is 0 Å². The van der Waals surface area contributed by atoms with Crippen LogP contribution in [-0.4, -0.2) is 48.3 Å². The number of hydrogen-bond acceptors (Lipinski definition) is 2. The van der Waals surface area contributed by atoms with E-state index in [1.807, 2.05) is 0 Å². The van der Waals surface area contributed by atoms with Gasteiger partial charge in [-0.15, -0.1) is 4.31 Å². The molecule has 2 aliphatic heterocycles. The van der Waals surface area contributed by atoms with Gasteiger partial charge in [-0.1, -0.05) is 0 Å². The molecule has 4 nitrogen and oxygen atoms in total. The molecule has 0 N–H and O–H groups in total. The Morgan fingerprint density at radius 2 is 1.72 bits per heavy atom. The third-order valence-corrected chi connectivity index (χ3v) is 4.91. The lowest BCUT2D eigenvalue weighted by Crippen LogP contribution is -2.51. The molecule has 0 saturated heterocycles. The zero-order chi connectivity index (χ0) is 13.4. The minimum atomic E-state index is -5.23. The molecule has 0 atom stereocenters. The van der Waals surface area contributed by atoms with Crippen LogP contribution in [0.15, 0.2) is 0 Å². The average molecular weight is 285 g/mol. The van der Waals surface area contributed by atoms with E-state index in [0.29, 0.717) is 36.1 Å². The lowest BCUT2D eigenvalue weighted by molar-refractivity contribution is -0.537. The average Bonchev–Trinajstić information content (AvgIpc) is 2.51. The normalized spacial score (nSPS) is 22.7. The molecule has 0 spiro atoms. The van der Waals surface area contributed by atoms with Crippen molar-refractivity contribution < 1.29 is 26.2 Å². The zero-order valence-corrected chi connectivity index (χ0v) is 10.7. The summed E-state index contributed by atoms with van der Waals surface area (Å²) in [5, 5.41) is 0. The predicted octanol–water partition coefficient (Wildman–Crippen LogP) is 1.53. The molecular formula is C10H16F3N2O2S+. The van der Waals surface area contributed by atoms with Crippen molar-refractivity contribution in [3.8, 4) is 0 Å². The molecule has 2 rings (SSSR count). The largest absolute Gasteiger partial charge is 0.537 e. The first kappa shape index (κ1) is 13.6. The van der Waals surface area contributed by atoms with Crippen molar-refractivity contribution in [2.75, 3.05) is 19.6 Å². The smallest absolute Gasteiger partial charge is 0.265 e. The number of halogens is 3. The second kappa shape index (κ2) is 4.71. The Bertz CT molecular complexity index is 456. The summed E-state index contributed by atoms with van der Waals surface area (Å²) in [6.07, 6.45) is 3.44. The zero-order valence-electron chi connectivity index (χ0n) is 9.91. The summed E-state index contributed by atoms with van der Waals surface area (Å²) >= 11 is 0. The fourth-order valence-electron chi connectivity index (χ4n) is 2.49. The number of sulfonamides is 1. The summed E-state index contributed by atoms with van der Waals surface area (Å²) in [5.74, 6) is 0.330. The molecule has 8 heteroatoms. The van der Waals surface area contributed by atoms with Crippen molar-refractivity contribution in [2.24, 2.45) is 0 Å². The lowest BCUT2D eigenvalue weighted by Gasteiger charge is -2.25. The minimum absolute atomic E-state index is 0.0618. The van der Waals surface area contributed by atoms with Crippen molar-refractivity contribution in [1.29, 1.82) is 0 Å². The molecule has 0 aromatic rings. The highest BCUT2D eigenvalue weighted by molar-refractivity contribution is 7.90. The quantitative estimate of drug-likeness (QED) is 0.685. The van der Waals surface area contributed by atoms with Crippen molar-refractivity contribution in [2.45, 2.75) is 37.6 Å². The predicted molar refractivity (Wildman–Crippen MR) is 59.8 cm³/mol. The standard InChI is InChI=1S/C10H16F3N2O2S/c11-10(12,13)18(16,17)15-8-4-7-14-6-3-1-2-5-9(14)15/h1-8H2/q+1. The van der Waals surface area contributed by atoms with Gasteiger partial charge in [-0.3, -0.25) is 4.58 Å². The molecule has 2 aliphatic rings. The summed E-state index contributed by atoms with van der Waals surface area (Å²) in [7, 11) is -5.23. The molecule has 0 amide bonds. The Morgan fingerprint density at radius 1 is 1.06 bits per heavy atom. The Kier molecular flexibility index (Phi) is 3.57. The molecule has 2 heterocycles. The molecule has 18 heavy (non-hydrogen) atoms. The third-order valence-electron chi connectivity index (χ3n) is 3.35. The summed E-state index contributed by atoms with van der Waals surface area (Å²) in [6.45, 7) is 1.24. The van der Waals surface area contributed by atoms with Crippen LogP contribution in [-0.2, 0) is 10.0 Å². The maximum absolute atomic E-state index is 12.6. The first-order valence-corrected chi connectivity index (χ1v) is 7.48. The fourth-order valence-corrected chi connectivity index (χ4v) is 3.59. The van der Waals surface area contributed by atoms with Crippen LogP contribution in [0, 0.1) is 0 Å². The van der Waals surface area contributed by atoms with E-state index in [4.69, 9.17) is 0 Å². The molecule has 0 aromatic heterocycles. The number of rotatable bonds is 1. The van der Waals surface area contributed by atoms with Crippen molar-refractivity contribution in [1.82, 2.24) is 4.31 Å². The van der Waals surface area contributed by atoms with Gasteiger partial charge in [0.2, 0.25) is 0 Å². The van der Waals surface area contributed by atoms with E-state index in [-0.39, 0.29) is 6.54 Å².